The molecule has 1 aliphatic heterocycles. The number of H-pyrrole nitrogens is 1. The van der Waals surface area contributed by atoms with Crippen LogP contribution in [-0.2, 0) is 0 Å². The Bertz CT molecular complexity index is 854. The molecular formula is C15H22N6O3. The van der Waals surface area contributed by atoms with Crippen molar-refractivity contribution >= 4 is 17.2 Å². The highest BCUT2D eigenvalue weighted by atomic mass is 16.2. The second-order valence-corrected chi connectivity index (χ2v) is 5.85. The molecule has 0 aromatic carbocycles. The summed E-state index contributed by atoms with van der Waals surface area (Å²) in [5.41, 5.74) is -0.882. The van der Waals surface area contributed by atoms with Gasteiger partial charge in [-0.15, -0.1) is 0 Å². The molecule has 0 spiro atoms. The molecule has 24 heavy (non-hydrogen) atoms. The maximum absolute atomic E-state index is 12.8. The summed E-state index contributed by atoms with van der Waals surface area (Å²) in [5.74, 6) is 0. The van der Waals surface area contributed by atoms with E-state index in [-0.39, 0.29) is 17.2 Å². The molecule has 3 heterocycles. The summed E-state index contributed by atoms with van der Waals surface area (Å²) in [6.45, 7) is 6.34. The Morgan fingerprint density at radius 3 is 2.58 bits per heavy atom. The van der Waals surface area contributed by atoms with E-state index in [4.69, 9.17) is 0 Å². The van der Waals surface area contributed by atoms with Gasteiger partial charge in [-0.3, -0.25) is 9.78 Å². The first-order valence-corrected chi connectivity index (χ1v) is 8.30. The van der Waals surface area contributed by atoms with Crippen LogP contribution < -0.4 is 16.6 Å². The minimum Gasteiger partial charge on any atom is -0.324 e. The second-order valence-electron chi connectivity index (χ2n) is 5.85. The van der Waals surface area contributed by atoms with Crippen LogP contribution in [0.15, 0.2) is 15.9 Å². The van der Waals surface area contributed by atoms with Gasteiger partial charge in [-0.2, -0.15) is 4.57 Å². The maximum Gasteiger partial charge on any atom is 0.338 e. The molecule has 0 radical (unpaired) electrons. The fourth-order valence-electron chi connectivity index (χ4n) is 3.21. The number of aromatic nitrogens is 4. The molecule has 9 heteroatoms. The zero-order chi connectivity index (χ0) is 17.3. The van der Waals surface area contributed by atoms with Crippen LogP contribution in [-0.4, -0.2) is 56.2 Å². The van der Waals surface area contributed by atoms with Gasteiger partial charge in [0, 0.05) is 19.1 Å². The molecule has 1 fully saturated rings. The van der Waals surface area contributed by atoms with Crippen molar-refractivity contribution in [1.82, 2.24) is 29.3 Å². The summed E-state index contributed by atoms with van der Waals surface area (Å²) in [4.78, 5) is 45.2. The van der Waals surface area contributed by atoms with E-state index in [1.165, 1.54) is 0 Å². The number of piperidine rings is 1. The fraction of sp³-hybridized carbons (Fsp3) is 0.600. The van der Waals surface area contributed by atoms with Gasteiger partial charge in [0.25, 0.3) is 5.56 Å². The van der Waals surface area contributed by atoms with E-state index in [2.05, 4.69) is 15.3 Å². The van der Waals surface area contributed by atoms with Crippen molar-refractivity contribution in [3.8, 4) is 0 Å². The van der Waals surface area contributed by atoms with Gasteiger partial charge in [-0.05, 0) is 39.8 Å². The van der Waals surface area contributed by atoms with Crippen molar-refractivity contribution in [2.24, 2.45) is 0 Å². The van der Waals surface area contributed by atoms with Crippen LogP contribution in [0, 0.1) is 0 Å². The molecule has 2 aromatic heterocycles. The first kappa shape index (κ1) is 16.4. The molecular weight excluding hydrogens is 312 g/mol. The van der Waals surface area contributed by atoms with Crippen LogP contribution in [0.1, 0.15) is 32.7 Å². The van der Waals surface area contributed by atoms with Crippen LogP contribution in [0.3, 0.4) is 0 Å². The van der Waals surface area contributed by atoms with Gasteiger partial charge in [0.1, 0.15) is 0 Å². The quantitative estimate of drug-likeness (QED) is 0.829. The number of carbonyl (C=O) groups is 1. The SMILES string of the molecule is CCN(CC)C(=O)n1c(=O)[nH]c(=O)c2ncn(C3CCNCC3)c21. The van der Waals surface area contributed by atoms with Crippen molar-refractivity contribution in [2.45, 2.75) is 32.7 Å². The van der Waals surface area contributed by atoms with Gasteiger partial charge in [0.05, 0.1) is 6.33 Å². The minimum absolute atomic E-state index is 0.105. The Balaban J connectivity index is 2.23. The molecule has 2 N–H and O–H groups in total. The first-order valence-electron chi connectivity index (χ1n) is 8.30. The van der Waals surface area contributed by atoms with E-state index < -0.39 is 17.3 Å². The first-order chi connectivity index (χ1) is 11.6. The van der Waals surface area contributed by atoms with Crippen LogP contribution in [0.4, 0.5) is 4.79 Å². The van der Waals surface area contributed by atoms with Gasteiger partial charge in [0.15, 0.2) is 11.2 Å². The van der Waals surface area contributed by atoms with Crippen molar-refractivity contribution in [2.75, 3.05) is 26.2 Å². The topological polar surface area (TPSA) is 105 Å². The highest BCUT2D eigenvalue weighted by Gasteiger charge is 2.25. The van der Waals surface area contributed by atoms with Gasteiger partial charge >= 0.3 is 11.7 Å². The minimum atomic E-state index is -0.722. The molecule has 3 rings (SSSR count). The normalized spacial score (nSPS) is 15.8. The molecule has 1 aliphatic rings. The largest absolute Gasteiger partial charge is 0.338 e. The number of rotatable bonds is 3. The summed E-state index contributed by atoms with van der Waals surface area (Å²) in [6, 6.07) is -0.338. The van der Waals surface area contributed by atoms with E-state index in [0.29, 0.717) is 13.1 Å². The third-order valence-corrected chi connectivity index (χ3v) is 4.55. The lowest BCUT2D eigenvalue weighted by atomic mass is 10.1. The Morgan fingerprint density at radius 2 is 1.96 bits per heavy atom. The lowest BCUT2D eigenvalue weighted by Crippen LogP contribution is -2.43. The summed E-state index contributed by atoms with van der Waals surface area (Å²) >= 11 is 0. The van der Waals surface area contributed by atoms with Crippen LogP contribution in [0.2, 0.25) is 0 Å². The molecule has 1 saturated heterocycles. The van der Waals surface area contributed by atoms with Gasteiger partial charge < -0.3 is 14.8 Å². The van der Waals surface area contributed by atoms with Crippen molar-refractivity contribution in [3.05, 3.63) is 27.2 Å². The van der Waals surface area contributed by atoms with Crippen molar-refractivity contribution in [3.63, 3.8) is 0 Å². The number of imidazole rings is 1. The lowest BCUT2D eigenvalue weighted by Gasteiger charge is -2.26. The number of nitrogens with one attached hydrogen (secondary N) is 2. The third-order valence-electron chi connectivity index (χ3n) is 4.55. The smallest absolute Gasteiger partial charge is 0.324 e. The van der Waals surface area contributed by atoms with Crippen molar-refractivity contribution in [1.29, 1.82) is 0 Å². The Hall–Kier alpha value is -2.42. The molecule has 0 unspecified atom stereocenters. The molecule has 0 bridgehead atoms. The number of carbonyl (C=O) groups excluding carboxylic acids is 1. The highest BCUT2D eigenvalue weighted by molar-refractivity contribution is 5.86. The number of nitrogens with zero attached hydrogens (tertiary/aromatic N) is 4. The summed E-state index contributed by atoms with van der Waals surface area (Å²) in [6.07, 6.45) is 3.26. The molecule has 2 aromatic rings. The van der Waals surface area contributed by atoms with Crippen LogP contribution in [0.25, 0.3) is 11.2 Å². The number of hydrogen-bond donors (Lipinski definition) is 2. The number of fused-ring (bicyclic) bond motifs is 1. The monoisotopic (exact) mass is 334 g/mol. The Labute approximate surface area is 138 Å². The molecule has 0 saturated carbocycles. The molecule has 130 valence electrons. The predicted molar refractivity (Wildman–Crippen MR) is 89.5 cm³/mol. The fourth-order valence-corrected chi connectivity index (χ4v) is 3.21. The zero-order valence-electron chi connectivity index (χ0n) is 13.9. The third kappa shape index (κ3) is 2.64. The van der Waals surface area contributed by atoms with E-state index in [9.17, 15) is 14.4 Å². The number of amides is 1. The average molecular weight is 334 g/mol. The second kappa shape index (κ2) is 6.60. The van der Waals surface area contributed by atoms with Gasteiger partial charge in [0.2, 0.25) is 0 Å². The molecule has 0 atom stereocenters. The van der Waals surface area contributed by atoms with Crippen molar-refractivity contribution < 1.29 is 4.79 Å². The lowest BCUT2D eigenvalue weighted by molar-refractivity contribution is 0.204. The van der Waals surface area contributed by atoms with E-state index in [0.717, 1.165) is 30.5 Å². The highest BCUT2D eigenvalue weighted by Crippen LogP contribution is 2.22. The molecule has 9 nitrogen and oxygen atoms in total. The van der Waals surface area contributed by atoms with Gasteiger partial charge in [-0.25, -0.2) is 14.6 Å². The number of aromatic amines is 1. The van der Waals surface area contributed by atoms with E-state index in [1.807, 2.05) is 13.8 Å². The maximum atomic E-state index is 12.8. The van der Waals surface area contributed by atoms with Crippen LogP contribution in [0.5, 0.6) is 0 Å². The molecule has 0 aliphatic carbocycles. The predicted octanol–water partition coefficient (Wildman–Crippen LogP) is 0.121. The summed E-state index contributed by atoms with van der Waals surface area (Å²) in [7, 11) is 0. The number of hydrogen-bond acceptors (Lipinski definition) is 5. The summed E-state index contributed by atoms with van der Waals surface area (Å²) < 4.78 is 2.84. The average Bonchev–Trinajstić information content (AvgIpc) is 3.02. The molecule has 1 amide bonds. The Kier molecular flexibility index (Phi) is 4.52. The zero-order valence-corrected chi connectivity index (χ0v) is 13.9. The summed E-state index contributed by atoms with van der Waals surface area (Å²) in [5, 5.41) is 3.28. The van der Waals surface area contributed by atoms with E-state index >= 15 is 0 Å². The van der Waals surface area contributed by atoms with E-state index in [1.54, 1.807) is 15.8 Å². The van der Waals surface area contributed by atoms with Crippen LogP contribution >= 0.6 is 0 Å². The standard InChI is InChI=1S/C15H22N6O3/c1-3-19(4-2)15(24)21-13-11(12(22)18-14(21)23)17-9-20(13)10-5-7-16-8-6-10/h9-10,16H,3-8H2,1-2H3,(H,18,22,23). The Morgan fingerprint density at radius 1 is 1.29 bits per heavy atom. The van der Waals surface area contributed by atoms with Gasteiger partial charge in [-0.1, -0.05) is 0 Å².